The first kappa shape index (κ1) is 22.5. The Kier molecular flexibility index (Phi) is 5.89. The highest BCUT2D eigenvalue weighted by Gasteiger charge is 2.36. The van der Waals surface area contributed by atoms with Crippen LogP contribution in [0.2, 0.25) is 0 Å². The van der Waals surface area contributed by atoms with Gasteiger partial charge >= 0.3 is 6.16 Å². The van der Waals surface area contributed by atoms with Crippen molar-refractivity contribution in [2.24, 2.45) is 5.41 Å². The SMILES string of the molecule is CN(C)C(=O)C(C)(C)Nc1cccc(C2Nc3ccc(OC(=O)O)cc3CC2(C)C)c1. The van der Waals surface area contributed by atoms with Crippen LogP contribution in [0.25, 0.3) is 0 Å². The van der Waals surface area contributed by atoms with Crippen molar-refractivity contribution in [2.75, 3.05) is 24.7 Å². The summed E-state index contributed by atoms with van der Waals surface area (Å²) < 4.78 is 4.81. The van der Waals surface area contributed by atoms with Gasteiger partial charge in [-0.05, 0) is 67.1 Å². The number of benzene rings is 2. The molecule has 31 heavy (non-hydrogen) atoms. The number of anilines is 2. The topological polar surface area (TPSA) is 90.9 Å². The molecule has 2 aromatic carbocycles. The average Bonchev–Trinajstić information content (AvgIpc) is 2.65. The number of amides is 1. The summed E-state index contributed by atoms with van der Waals surface area (Å²) in [6.07, 6.45) is -0.556. The summed E-state index contributed by atoms with van der Waals surface area (Å²) in [5.41, 5.74) is 3.11. The van der Waals surface area contributed by atoms with E-state index in [0.717, 1.165) is 28.9 Å². The van der Waals surface area contributed by atoms with Crippen molar-refractivity contribution >= 4 is 23.4 Å². The lowest BCUT2D eigenvalue weighted by Crippen LogP contribution is -2.47. The van der Waals surface area contributed by atoms with Gasteiger partial charge in [-0.15, -0.1) is 0 Å². The molecule has 3 N–H and O–H groups in total. The normalized spacial score (nSPS) is 17.2. The lowest BCUT2D eigenvalue weighted by atomic mass is 9.73. The Morgan fingerprint density at radius 2 is 1.90 bits per heavy atom. The number of carboxylic acid groups (broad SMARTS) is 1. The summed E-state index contributed by atoms with van der Waals surface area (Å²) in [6.45, 7) is 8.10. The van der Waals surface area contributed by atoms with Gasteiger partial charge in [-0.25, -0.2) is 4.79 Å². The molecule has 3 rings (SSSR count). The molecule has 1 amide bonds. The van der Waals surface area contributed by atoms with Gasteiger partial charge < -0.3 is 25.4 Å². The van der Waals surface area contributed by atoms with Crippen LogP contribution >= 0.6 is 0 Å². The zero-order valence-corrected chi connectivity index (χ0v) is 18.9. The van der Waals surface area contributed by atoms with Crippen LogP contribution in [-0.2, 0) is 11.2 Å². The van der Waals surface area contributed by atoms with Crippen LogP contribution in [0.1, 0.15) is 44.9 Å². The summed E-state index contributed by atoms with van der Waals surface area (Å²) in [5, 5.41) is 15.8. The van der Waals surface area contributed by atoms with E-state index >= 15 is 0 Å². The molecule has 7 nitrogen and oxygen atoms in total. The fraction of sp³-hybridized carbons (Fsp3) is 0.417. The van der Waals surface area contributed by atoms with Crippen molar-refractivity contribution in [1.82, 2.24) is 4.90 Å². The van der Waals surface area contributed by atoms with Gasteiger partial charge in [0.2, 0.25) is 5.91 Å². The lowest BCUT2D eigenvalue weighted by molar-refractivity contribution is -0.132. The number of hydrogen-bond donors (Lipinski definition) is 3. The largest absolute Gasteiger partial charge is 0.511 e. The molecule has 1 atom stereocenters. The van der Waals surface area contributed by atoms with E-state index in [9.17, 15) is 9.59 Å². The molecule has 166 valence electrons. The molecule has 2 aromatic rings. The van der Waals surface area contributed by atoms with Crippen LogP contribution in [0.3, 0.4) is 0 Å². The van der Waals surface area contributed by atoms with Crippen LogP contribution < -0.4 is 15.4 Å². The highest BCUT2D eigenvalue weighted by atomic mass is 16.7. The number of carbonyl (C=O) groups excluding carboxylic acids is 1. The fourth-order valence-electron chi connectivity index (χ4n) is 4.27. The van der Waals surface area contributed by atoms with Crippen LogP contribution in [0.4, 0.5) is 16.2 Å². The zero-order valence-electron chi connectivity index (χ0n) is 18.9. The lowest BCUT2D eigenvalue weighted by Gasteiger charge is -2.41. The second-order valence-electron chi connectivity index (χ2n) is 9.50. The predicted molar refractivity (Wildman–Crippen MR) is 122 cm³/mol. The molecule has 0 bridgehead atoms. The van der Waals surface area contributed by atoms with Crippen molar-refractivity contribution in [1.29, 1.82) is 0 Å². The maximum absolute atomic E-state index is 12.5. The van der Waals surface area contributed by atoms with Crippen molar-refractivity contribution in [3.05, 3.63) is 53.6 Å². The standard InChI is InChI=1S/C24H31N3O4/c1-23(2)14-16-13-18(31-22(29)30)10-11-19(16)25-20(23)15-8-7-9-17(12-15)26-24(3,4)21(28)27(5)6/h7-13,20,25-26H,14H2,1-6H3,(H,29,30). The van der Waals surface area contributed by atoms with E-state index in [1.54, 1.807) is 31.1 Å². The highest BCUT2D eigenvalue weighted by molar-refractivity contribution is 5.88. The molecule has 1 aliphatic heterocycles. The van der Waals surface area contributed by atoms with Crippen LogP contribution in [0.5, 0.6) is 5.75 Å². The van der Waals surface area contributed by atoms with Gasteiger partial charge in [0.25, 0.3) is 0 Å². The second kappa shape index (κ2) is 8.13. The van der Waals surface area contributed by atoms with E-state index in [2.05, 4.69) is 36.6 Å². The Bertz CT molecular complexity index is 998. The molecular weight excluding hydrogens is 394 g/mol. The molecule has 0 saturated heterocycles. The Morgan fingerprint density at radius 3 is 2.55 bits per heavy atom. The molecule has 1 aliphatic rings. The Labute approximate surface area is 183 Å². The quantitative estimate of drug-likeness (QED) is 0.473. The monoisotopic (exact) mass is 425 g/mol. The molecule has 1 unspecified atom stereocenters. The number of rotatable bonds is 5. The van der Waals surface area contributed by atoms with Gasteiger partial charge in [0.15, 0.2) is 0 Å². The Morgan fingerprint density at radius 1 is 1.19 bits per heavy atom. The minimum Gasteiger partial charge on any atom is -0.449 e. The van der Waals surface area contributed by atoms with E-state index in [0.29, 0.717) is 5.75 Å². The highest BCUT2D eigenvalue weighted by Crippen LogP contribution is 2.46. The minimum atomic E-state index is -1.32. The third-order valence-corrected chi connectivity index (χ3v) is 5.63. The summed E-state index contributed by atoms with van der Waals surface area (Å²) in [4.78, 5) is 24.9. The van der Waals surface area contributed by atoms with E-state index < -0.39 is 11.7 Å². The summed E-state index contributed by atoms with van der Waals surface area (Å²) in [7, 11) is 3.50. The number of carbonyl (C=O) groups is 2. The zero-order chi connectivity index (χ0) is 23.0. The molecule has 0 aromatic heterocycles. The van der Waals surface area contributed by atoms with E-state index in [1.807, 2.05) is 32.0 Å². The third kappa shape index (κ3) is 4.93. The Balaban J connectivity index is 1.87. The van der Waals surface area contributed by atoms with Crippen molar-refractivity contribution in [3.8, 4) is 5.75 Å². The minimum absolute atomic E-state index is 0.00216. The predicted octanol–water partition coefficient (Wildman–Crippen LogP) is 4.76. The number of nitrogens with one attached hydrogen (secondary N) is 2. The molecule has 0 aliphatic carbocycles. The van der Waals surface area contributed by atoms with E-state index in [-0.39, 0.29) is 17.4 Å². The summed E-state index contributed by atoms with van der Waals surface area (Å²) >= 11 is 0. The smallest absolute Gasteiger partial charge is 0.449 e. The maximum atomic E-state index is 12.5. The van der Waals surface area contributed by atoms with E-state index in [4.69, 9.17) is 9.84 Å². The van der Waals surface area contributed by atoms with Gasteiger partial charge in [0.05, 0.1) is 6.04 Å². The van der Waals surface area contributed by atoms with Gasteiger partial charge in [0.1, 0.15) is 11.3 Å². The molecule has 7 heteroatoms. The summed E-state index contributed by atoms with van der Waals surface area (Å²) in [5.74, 6) is 0.323. The first-order valence-electron chi connectivity index (χ1n) is 10.3. The number of hydrogen-bond acceptors (Lipinski definition) is 5. The fourth-order valence-corrected chi connectivity index (χ4v) is 4.27. The summed E-state index contributed by atoms with van der Waals surface area (Å²) in [6, 6.07) is 13.5. The van der Waals surface area contributed by atoms with Crippen LogP contribution in [0, 0.1) is 5.41 Å². The molecule has 0 radical (unpaired) electrons. The Hall–Kier alpha value is -3.22. The molecule has 0 fully saturated rings. The van der Waals surface area contributed by atoms with Gasteiger partial charge in [0, 0.05) is 25.5 Å². The first-order chi connectivity index (χ1) is 14.4. The molecule has 0 spiro atoms. The number of ether oxygens (including phenoxy) is 1. The van der Waals surface area contributed by atoms with Crippen molar-refractivity contribution in [3.63, 3.8) is 0 Å². The molecular formula is C24H31N3O4. The van der Waals surface area contributed by atoms with E-state index in [1.165, 1.54) is 0 Å². The van der Waals surface area contributed by atoms with Crippen LogP contribution in [0.15, 0.2) is 42.5 Å². The average molecular weight is 426 g/mol. The number of likely N-dealkylation sites (N-methyl/N-ethyl adjacent to an activating group) is 1. The number of nitrogens with zero attached hydrogens (tertiary/aromatic N) is 1. The van der Waals surface area contributed by atoms with Gasteiger partial charge in [-0.1, -0.05) is 26.0 Å². The second-order valence-corrected chi connectivity index (χ2v) is 9.50. The molecule has 0 saturated carbocycles. The van der Waals surface area contributed by atoms with Crippen molar-refractivity contribution in [2.45, 2.75) is 45.7 Å². The third-order valence-electron chi connectivity index (χ3n) is 5.63. The maximum Gasteiger partial charge on any atom is 0.511 e. The van der Waals surface area contributed by atoms with Gasteiger partial charge in [-0.3, -0.25) is 4.79 Å². The number of fused-ring (bicyclic) bond motifs is 1. The van der Waals surface area contributed by atoms with Crippen molar-refractivity contribution < 1.29 is 19.4 Å². The molecule has 1 heterocycles. The van der Waals surface area contributed by atoms with Crippen LogP contribution in [-0.4, -0.2) is 41.7 Å². The first-order valence-corrected chi connectivity index (χ1v) is 10.3. The van der Waals surface area contributed by atoms with Gasteiger partial charge in [-0.2, -0.15) is 0 Å².